The molecule has 6 nitrogen and oxygen atoms in total. The summed E-state index contributed by atoms with van der Waals surface area (Å²) >= 11 is 5.66. The molecule has 1 aromatic carbocycles. The Labute approximate surface area is 144 Å². The van der Waals surface area contributed by atoms with E-state index in [9.17, 15) is 4.79 Å². The minimum absolute atomic E-state index is 0.567. The Morgan fingerprint density at radius 2 is 1.96 bits per heavy atom. The van der Waals surface area contributed by atoms with Crippen LogP contribution < -0.4 is 0 Å². The topological polar surface area (TPSA) is 45.8 Å². The number of hydrogen-bond donors (Lipinski definition) is 0. The van der Waals surface area contributed by atoms with Gasteiger partial charge in [-0.1, -0.05) is 18.2 Å². The predicted molar refractivity (Wildman–Crippen MR) is 96.0 cm³/mol. The van der Waals surface area contributed by atoms with Crippen molar-refractivity contribution in [1.29, 1.82) is 0 Å². The van der Waals surface area contributed by atoms with Crippen LogP contribution in [0.5, 0.6) is 0 Å². The highest BCUT2D eigenvalue weighted by Gasteiger charge is 2.17. The van der Waals surface area contributed by atoms with Gasteiger partial charge in [0.1, 0.15) is 0 Å². The third-order valence-electron chi connectivity index (χ3n) is 4.64. The van der Waals surface area contributed by atoms with Crippen molar-refractivity contribution in [2.45, 2.75) is 6.67 Å². The number of para-hydroxylation sites is 1. The van der Waals surface area contributed by atoms with Gasteiger partial charge in [0.25, 0.3) is 0 Å². The number of nitrogens with zero attached hydrogens (tertiary/aromatic N) is 5. The highest BCUT2D eigenvalue weighted by molar-refractivity contribution is 7.71. The molecule has 1 fully saturated rings. The number of aldehydes is 1. The lowest BCUT2D eigenvalue weighted by Crippen LogP contribution is -2.45. The molecule has 3 heterocycles. The monoisotopic (exact) mass is 341 g/mol. The van der Waals surface area contributed by atoms with Crippen LogP contribution in [0.2, 0.25) is 0 Å². The van der Waals surface area contributed by atoms with Crippen LogP contribution in [0.3, 0.4) is 0 Å². The SMILES string of the molecule is CN1CCN(Cn2nc3c(C=O)cc4ccccc4n3c2=S)CC1. The molecule has 2 aromatic heterocycles. The second-order valence-corrected chi connectivity index (χ2v) is 6.65. The lowest BCUT2D eigenvalue weighted by molar-refractivity contribution is 0.112. The van der Waals surface area contributed by atoms with Crippen molar-refractivity contribution in [1.82, 2.24) is 24.0 Å². The smallest absolute Gasteiger partial charge is 0.204 e. The van der Waals surface area contributed by atoms with E-state index < -0.39 is 0 Å². The molecule has 0 radical (unpaired) electrons. The fourth-order valence-corrected chi connectivity index (χ4v) is 3.50. The van der Waals surface area contributed by atoms with E-state index in [2.05, 4.69) is 21.9 Å². The van der Waals surface area contributed by atoms with Gasteiger partial charge in [0, 0.05) is 26.2 Å². The first kappa shape index (κ1) is 15.4. The molecule has 0 atom stereocenters. The van der Waals surface area contributed by atoms with Crippen LogP contribution in [0.1, 0.15) is 10.4 Å². The maximum Gasteiger partial charge on any atom is 0.204 e. The molecule has 4 rings (SSSR count). The van der Waals surface area contributed by atoms with E-state index >= 15 is 0 Å². The van der Waals surface area contributed by atoms with Crippen molar-refractivity contribution in [3.05, 3.63) is 40.7 Å². The van der Waals surface area contributed by atoms with Crippen molar-refractivity contribution < 1.29 is 4.79 Å². The number of pyridine rings is 1. The maximum absolute atomic E-state index is 11.5. The number of hydrogen-bond acceptors (Lipinski definition) is 5. The molecule has 0 bridgehead atoms. The molecule has 124 valence electrons. The van der Waals surface area contributed by atoms with Gasteiger partial charge in [-0.2, -0.15) is 0 Å². The quantitative estimate of drug-likeness (QED) is 0.539. The summed E-state index contributed by atoms with van der Waals surface area (Å²) in [6.07, 6.45) is 0.851. The largest absolute Gasteiger partial charge is 0.304 e. The van der Waals surface area contributed by atoms with Crippen molar-refractivity contribution in [3.63, 3.8) is 0 Å². The zero-order chi connectivity index (χ0) is 16.7. The first-order valence-corrected chi connectivity index (χ1v) is 8.45. The molecule has 0 aliphatic carbocycles. The Balaban J connectivity index is 1.83. The summed E-state index contributed by atoms with van der Waals surface area (Å²) in [6, 6.07) is 9.80. The zero-order valence-electron chi connectivity index (χ0n) is 13.6. The van der Waals surface area contributed by atoms with Gasteiger partial charge in [-0.25, -0.2) is 4.68 Å². The first-order chi connectivity index (χ1) is 11.7. The van der Waals surface area contributed by atoms with E-state index in [-0.39, 0.29) is 0 Å². The van der Waals surface area contributed by atoms with E-state index in [0.29, 0.717) is 22.7 Å². The summed E-state index contributed by atoms with van der Waals surface area (Å²) in [4.78, 5) is 16.2. The van der Waals surface area contributed by atoms with Crippen molar-refractivity contribution in [2.75, 3.05) is 33.2 Å². The van der Waals surface area contributed by atoms with Gasteiger partial charge in [-0.05, 0) is 36.8 Å². The zero-order valence-corrected chi connectivity index (χ0v) is 14.4. The van der Waals surface area contributed by atoms with Crippen LogP contribution in [0.25, 0.3) is 16.6 Å². The number of fused-ring (bicyclic) bond motifs is 3. The summed E-state index contributed by atoms with van der Waals surface area (Å²) in [6.45, 7) is 4.73. The Hall–Kier alpha value is -2.09. The summed E-state index contributed by atoms with van der Waals surface area (Å²) in [5.74, 6) is 0. The minimum atomic E-state index is 0.567. The number of likely N-dealkylation sites (N-methyl/N-ethyl adjacent to an activating group) is 1. The highest BCUT2D eigenvalue weighted by atomic mass is 32.1. The second kappa shape index (κ2) is 6.08. The van der Waals surface area contributed by atoms with Crippen LogP contribution in [0.4, 0.5) is 0 Å². The lowest BCUT2D eigenvalue weighted by atomic mass is 10.1. The molecule has 0 amide bonds. The lowest BCUT2D eigenvalue weighted by Gasteiger charge is -2.31. The fourth-order valence-electron chi connectivity index (χ4n) is 3.21. The van der Waals surface area contributed by atoms with Gasteiger partial charge in [0.05, 0.1) is 17.7 Å². The van der Waals surface area contributed by atoms with Gasteiger partial charge in [-0.3, -0.25) is 14.1 Å². The van der Waals surface area contributed by atoms with Gasteiger partial charge in [-0.15, -0.1) is 5.10 Å². The molecular weight excluding hydrogens is 322 g/mol. The standard InChI is InChI=1S/C17H19N5OS/c1-19-6-8-20(9-7-19)12-21-17(24)22-15-5-3-2-4-13(15)10-14(11-23)16(22)18-21/h2-5,10-11H,6-9,12H2,1H3. The molecule has 24 heavy (non-hydrogen) atoms. The molecule has 3 aromatic rings. The minimum Gasteiger partial charge on any atom is -0.304 e. The number of piperazine rings is 1. The molecule has 0 spiro atoms. The molecular formula is C17H19N5OS. The summed E-state index contributed by atoms with van der Waals surface area (Å²) in [7, 11) is 2.14. The number of carbonyl (C=O) groups is 1. The average molecular weight is 341 g/mol. The van der Waals surface area contributed by atoms with E-state index in [1.807, 2.05) is 39.4 Å². The number of rotatable bonds is 3. The van der Waals surface area contributed by atoms with Crippen LogP contribution >= 0.6 is 12.2 Å². The van der Waals surface area contributed by atoms with Crippen LogP contribution in [-0.2, 0) is 6.67 Å². The van der Waals surface area contributed by atoms with Crippen LogP contribution in [-0.4, -0.2) is 63.5 Å². The number of aromatic nitrogens is 3. The third kappa shape index (κ3) is 2.54. The van der Waals surface area contributed by atoms with E-state index in [1.165, 1.54) is 0 Å². The Kier molecular flexibility index (Phi) is 3.91. The Morgan fingerprint density at radius 3 is 2.71 bits per heavy atom. The molecule has 1 aliphatic rings. The molecule has 7 heteroatoms. The third-order valence-corrected chi connectivity index (χ3v) is 5.04. The summed E-state index contributed by atoms with van der Waals surface area (Å²) in [5, 5.41) is 5.62. The molecule has 1 aliphatic heterocycles. The molecule has 0 unspecified atom stereocenters. The first-order valence-electron chi connectivity index (χ1n) is 8.05. The van der Waals surface area contributed by atoms with Crippen molar-refractivity contribution >= 4 is 35.1 Å². The van der Waals surface area contributed by atoms with Crippen molar-refractivity contribution in [3.8, 4) is 0 Å². The maximum atomic E-state index is 11.5. The van der Waals surface area contributed by atoms with Crippen molar-refractivity contribution in [2.24, 2.45) is 0 Å². The van der Waals surface area contributed by atoms with Gasteiger partial charge < -0.3 is 4.90 Å². The number of carbonyl (C=O) groups excluding carboxylic acids is 1. The predicted octanol–water partition coefficient (Wildman–Crippen LogP) is 2.04. The van der Waals surface area contributed by atoms with E-state index in [4.69, 9.17) is 12.2 Å². The Bertz CT molecular complexity index is 968. The van der Waals surface area contributed by atoms with Gasteiger partial charge >= 0.3 is 0 Å². The average Bonchev–Trinajstić information content (AvgIpc) is 2.93. The van der Waals surface area contributed by atoms with E-state index in [1.54, 1.807) is 0 Å². The van der Waals surface area contributed by atoms with Gasteiger partial charge in [0.15, 0.2) is 11.9 Å². The van der Waals surface area contributed by atoms with E-state index in [0.717, 1.165) is 43.4 Å². The highest BCUT2D eigenvalue weighted by Crippen LogP contribution is 2.20. The molecule has 1 saturated heterocycles. The Morgan fingerprint density at radius 1 is 1.21 bits per heavy atom. The summed E-state index contributed by atoms with van der Waals surface area (Å²) < 4.78 is 4.36. The number of benzene rings is 1. The second-order valence-electron chi connectivity index (χ2n) is 6.28. The molecule has 0 saturated carbocycles. The van der Waals surface area contributed by atoms with Gasteiger partial charge in [0.2, 0.25) is 4.77 Å². The van der Waals surface area contributed by atoms with Crippen LogP contribution in [0.15, 0.2) is 30.3 Å². The summed E-state index contributed by atoms with van der Waals surface area (Å²) in [5.41, 5.74) is 2.17. The molecule has 0 N–H and O–H groups in total. The fraction of sp³-hybridized carbons (Fsp3) is 0.353. The normalized spacial score (nSPS) is 16.9. The van der Waals surface area contributed by atoms with Crippen LogP contribution in [0, 0.1) is 4.77 Å².